The van der Waals surface area contributed by atoms with Gasteiger partial charge in [-0.25, -0.2) is 9.98 Å². The van der Waals surface area contributed by atoms with E-state index in [1.807, 2.05) is 44.2 Å². The molecule has 0 aliphatic carbocycles. The van der Waals surface area contributed by atoms with E-state index in [2.05, 4.69) is 47.9 Å². The molecule has 0 fully saturated rings. The summed E-state index contributed by atoms with van der Waals surface area (Å²) >= 11 is 0.194. The van der Waals surface area contributed by atoms with Crippen LogP contribution in [0.15, 0.2) is 58.6 Å². The molecule has 0 amide bonds. The van der Waals surface area contributed by atoms with Crippen molar-refractivity contribution >= 4 is 43.1 Å². The van der Waals surface area contributed by atoms with Crippen molar-refractivity contribution in [1.29, 1.82) is 0 Å². The van der Waals surface area contributed by atoms with Crippen molar-refractivity contribution in [2.24, 2.45) is 9.98 Å². The first-order valence-corrected chi connectivity index (χ1v) is 12.0. The Balaban J connectivity index is 0.000000941. The van der Waals surface area contributed by atoms with Gasteiger partial charge >= 0.3 is 33.3 Å². The molecule has 0 saturated heterocycles. The molecule has 1 aromatic carbocycles. The Morgan fingerprint density at radius 3 is 1.97 bits per heavy atom. The van der Waals surface area contributed by atoms with Crippen LogP contribution in [-0.4, -0.2) is 16.4 Å². The van der Waals surface area contributed by atoms with Gasteiger partial charge in [0.25, 0.3) is 0 Å². The molecular formula is C22H23Cl2FeN4. The number of pyridine rings is 1. The van der Waals surface area contributed by atoms with Gasteiger partial charge in [0.2, 0.25) is 0 Å². The normalized spacial score (nSPS) is 11.8. The summed E-state index contributed by atoms with van der Waals surface area (Å²) in [5, 5.41) is 0. The second kappa shape index (κ2) is 11.3. The molecule has 0 atom stereocenters. The Kier molecular flexibility index (Phi) is 9.12. The molecule has 2 heterocycles. The van der Waals surface area contributed by atoms with Crippen LogP contribution in [0.25, 0.3) is 0 Å². The number of aromatic nitrogens is 2. The van der Waals surface area contributed by atoms with Gasteiger partial charge in [-0.05, 0) is 57.9 Å². The van der Waals surface area contributed by atoms with Gasteiger partial charge in [0.15, 0.2) is 5.82 Å². The zero-order valence-electron chi connectivity index (χ0n) is 17.0. The van der Waals surface area contributed by atoms with E-state index in [1.54, 1.807) is 6.20 Å². The van der Waals surface area contributed by atoms with E-state index in [-0.39, 0.29) is 13.1 Å². The third-order valence-electron chi connectivity index (χ3n) is 4.23. The molecule has 0 aliphatic heterocycles. The van der Waals surface area contributed by atoms with Crippen molar-refractivity contribution in [2.45, 2.75) is 34.6 Å². The van der Waals surface area contributed by atoms with Gasteiger partial charge in [-0.15, -0.1) is 11.4 Å². The van der Waals surface area contributed by atoms with Crippen molar-refractivity contribution in [3.05, 3.63) is 76.7 Å². The molecule has 0 unspecified atom stereocenters. The van der Waals surface area contributed by atoms with E-state index >= 15 is 0 Å². The van der Waals surface area contributed by atoms with Crippen LogP contribution in [0.4, 0.5) is 11.5 Å². The van der Waals surface area contributed by atoms with Gasteiger partial charge in [-0.1, -0.05) is 35.9 Å². The second-order valence-electron chi connectivity index (χ2n) is 6.60. The molecule has 29 heavy (non-hydrogen) atoms. The Labute approximate surface area is 187 Å². The molecule has 0 saturated carbocycles. The van der Waals surface area contributed by atoms with E-state index in [9.17, 15) is 0 Å². The maximum atomic E-state index is 4.83. The molecule has 0 radical (unpaired) electrons. The average Bonchev–Trinajstić information content (AvgIpc) is 3.16. The topological polar surface area (TPSA) is 51.7 Å². The Hall–Kier alpha value is -1.91. The monoisotopic (exact) mass is 469 g/mol. The molecule has 0 spiro atoms. The quantitative estimate of drug-likeness (QED) is 0.318. The fraction of sp³-hybridized carbons (Fsp3) is 0.227. The summed E-state index contributed by atoms with van der Waals surface area (Å²) in [6.07, 6.45) is 1.74. The van der Waals surface area contributed by atoms with E-state index in [4.69, 9.17) is 25.2 Å². The van der Waals surface area contributed by atoms with Crippen LogP contribution in [0.3, 0.4) is 0 Å². The number of benzene rings is 1. The SMILES string of the molecule is CC(=Nc1c(C)cc(C)cc1C)c1ccc(/C(C)=N/c2ccccn2)[n-]1.[Cl][Fe+][Cl]. The van der Waals surface area contributed by atoms with Crippen LogP contribution in [0, 0.1) is 20.8 Å². The molecule has 153 valence electrons. The third kappa shape index (κ3) is 6.83. The first-order valence-electron chi connectivity index (χ1n) is 8.94. The van der Waals surface area contributed by atoms with Crippen LogP contribution < -0.4 is 4.98 Å². The van der Waals surface area contributed by atoms with Crippen LogP contribution in [0.1, 0.15) is 41.9 Å². The van der Waals surface area contributed by atoms with Gasteiger partial charge in [-0.3, -0.25) is 4.99 Å². The Morgan fingerprint density at radius 1 is 0.897 bits per heavy atom. The fourth-order valence-corrected chi connectivity index (χ4v) is 2.99. The number of nitrogens with zero attached hydrogens (tertiary/aromatic N) is 4. The number of halogens is 2. The van der Waals surface area contributed by atoms with E-state index < -0.39 is 0 Å². The molecule has 3 rings (SSSR count). The van der Waals surface area contributed by atoms with Gasteiger partial charge in [0.05, 0.1) is 5.69 Å². The van der Waals surface area contributed by atoms with Gasteiger partial charge < -0.3 is 4.98 Å². The number of hydrogen-bond donors (Lipinski definition) is 0. The van der Waals surface area contributed by atoms with Gasteiger partial charge in [0.1, 0.15) is 0 Å². The standard InChI is InChI=1S/C22H23N4.2ClH.Fe/c1-14-12-15(2)22(16(3)13-14)25-18(5)20-10-9-19(26-20)17(4)24-21-8-6-7-11-23-21;;;/h6-13H,1-5H3;2*1H;/q-1;;;+3/p-2/b24-17+,25-18?;;;. The Morgan fingerprint density at radius 2 is 1.45 bits per heavy atom. The molecule has 0 aliphatic rings. The summed E-state index contributed by atoms with van der Waals surface area (Å²) < 4.78 is 0. The predicted octanol–water partition coefficient (Wildman–Crippen LogP) is 6.62. The zero-order valence-corrected chi connectivity index (χ0v) is 19.6. The number of rotatable bonds is 4. The number of hydrogen-bond acceptors (Lipinski definition) is 3. The average molecular weight is 470 g/mol. The maximum absolute atomic E-state index is 4.83. The fourth-order valence-electron chi connectivity index (χ4n) is 2.99. The summed E-state index contributed by atoms with van der Waals surface area (Å²) in [5.41, 5.74) is 8.10. The molecule has 4 nitrogen and oxygen atoms in total. The van der Waals surface area contributed by atoms with E-state index in [0.717, 1.165) is 28.5 Å². The number of aliphatic imine (C=N–C) groups is 2. The summed E-state index contributed by atoms with van der Waals surface area (Å²) in [6.45, 7) is 10.2. The number of aryl methyl sites for hydroxylation is 3. The van der Waals surface area contributed by atoms with Crippen molar-refractivity contribution in [3.8, 4) is 0 Å². The molecule has 2 aromatic heterocycles. The minimum atomic E-state index is 0.194. The van der Waals surface area contributed by atoms with Gasteiger partial charge in [0, 0.05) is 17.6 Å². The van der Waals surface area contributed by atoms with Crippen molar-refractivity contribution in [3.63, 3.8) is 0 Å². The zero-order chi connectivity index (χ0) is 21.4. The first-order chi connectivity index (χ1) is 13.8. The van der Waals surface area contributed by atoms with Crippen LogP contribution in [0.2, 0.25) is 0 Å². The molecule has 0 bridgehead atoms. The van der Waals surface area contributed by atoms with Crippen molar-refractivity contribution < 1.29 is 13.1 Å². The molecule has 0 N–H and O–H groups in total. The van der Waals surface area contributed by atoms with Crippen LogP contribution in [0.5, 0.6) is 0 Å². The summed E-state index contributed by atoms with van der Waals surface area (Å²) in [7, 11) is 9.53. The second-order valence-corrected chi connectivity index (χ2v) is 8.42. The third-order valence-corrected chi connectivity index (χ3v) is 4.23. The summed E-state index contributed by atoms with van der Waals surface area (Å²) in [4.78, 5) is 18.3. The van der Waals surface area contributed by atoms with Crippen LogP contribution in [-0.2, 0) is 13.1 Å². The summed E-state index contributed by atoms with van der Waals surface area (Å²) in [5.74, 6) is 0.686. The molecule has 3 aromatic rings. The van der Waals surface area contributed by atoms with E-state index in [0.29, 0.717) is 5.82 Å². The van der Waals surface area contributed by atoms with Crippen molar-refractivity contribution in [1.82, 2.24) is 9.97 Å². The van der Waals surface area contributed by atoms with Crippen LogP contribution >= 0.6 is 20.2 Å². The summed E-state index contributed by atoms with van der Waals surface area (Å²) in [6, 6.07) is 14.0. The predicted molar refractivity (Wildman–Crippen MR) is 120 cm³/mol. The minimum absolute atomic E-state index is 0.194. The van der Waals surface area contributed by atoms with Gasteiger partial charge in [-0.2, -0.15) is 0 Å². The Bertz CT molecular complexity index is 988. The first kappa shape index (κ1) is 23.4. The molecular weight excluding hydrogens is 447 g/mol. The van der Waals surface area contributed by atoms with E-state index in [1.165, 1.54) is 16.7 Å². The molecule has 7 heteroatoms. The van der Waals surface area contributed by atoms with Crippen molar-refractivity contribution in [2.75, 3.05) is 0 Å².